The highest BCUT2D eigenvalue weighted by Crippen LogP contribution is 2.26. The molecule has 0 aliphatic heterocycles. The molecule has 1 aromatic carbocycles. The Labute approximate surface area is 112 Å². The highest BCUT2D eigenvalue weighted by Gasteiger charge is 2.22. The van der Waals surface area contributed by atoms with Crippen LogP contribution in [0.1, 0.15) is 31.2 Å². The zero-order valence-electron chi connectivity index (χ0n) is 11.1. The number of nitro groups is 1. The van der Waals surface area contributed by atoms with Gasteiger partial charge in [-0.25, -0.2) is 0 Å². The van der Waals surface area contributed by atoms with E-state index in [0.29, 0.717) is 5.56 Å². The molecule has 2 atom stereocenters. The summed E-state index contributed by atoms with van der Waals surface area (Å²) in [6.45, 7) is 2.46. The van der Waals surface area contributed by atoms with Crippen LogP contribution in [0.2, 0.25) is 0 Å². The van der Waals surface area contributed by atoms with Crippen LogP contribution in [0.3, 0.4) is 0 Å². The molecule has 2 unspecified atom stereocenters. The van der Waals surface area contributed by atoms with Crippen molar-refractivity contribution in [2.24, 2.45) is 5.92 Å². The van der Waals surface area contributed by atoms with Crippen LogP contribution in [0.5, 0.6) is 0 Å². The molecule has 0 radical (unpaired) electrons. The number of nitro benzene ring substituents is 1. The van der Waals surface area contributed by atoms with E-state index in [1.165, 1.54) is 12.5 Å². The summed E-state index contributed by atoms with van der Waals surface area (Å²) in [6, 6.07) is 5.03. The number of aliphatic hydroxyl groups excluding tert-OH is 1. The Morgan fingerprint density at radius 2 is 2.16 bits per heavy atom. The number of nitrogens with one attached hydrogen (secondary N) is 1. The molecule has 104 valence electrons. The average Bonchev–Trinajstić information content (AvgIpc) is 2.37. The minimum atomic E-state index is -0.371. The summed E-state index contributed by atoms with van der Waals surface area (Å²) in [4.78, 5) is 10.4. The summed E-state index contributed by atoms with van der Waals surface area (Å²) in [6.07, 6.45) is 3.98. The summed E-state index contributed by atoms with van der Waals surface area (Å²) in [5.41, 5.74) is 1.67. The minimum absolute atomic E-state index is 0.142. The molecule has 2 N–H and O–H groups in total. The van der Waals surface area contributed by atoms with Gasteiger partial charge in [-0.3, -0.25) is 10.1 Å². The second-order valence-corrected chi connectivity index (χ2v) is 5.25. The van der Waals surface area contributed by atoms with E-state index >= 15 is 0 Å². The third-order valence-electron chi connectivity index (χ3n) is 3.83. The lowest BCUT2D eigenvalue weighted by Crippen LogP contribution is -2.30. The first-order valence-corrected chi connectivity index (χ1v) is 6.75. The molecule has 0 spiro atoms. The van der Waals surface area contributed by atoms with Gasteiger partial charge in [-0.05, 0) is 31.9 Å². The first-order chi connectivity index (χ1) is 9.08. The van der Waals surface area contributed by atoms with E-state index in [1.54, 1.807) is 19.1 Å². The molecule has 0 amide bonds. The van der Waals surface area contributed by atoms with Gasteiger partial charge < -0.3 is 10.4 Å². The molecule has 1 saturated carbocycles. The lowest BCUT2D eigenvalue weighted by atomic mass is 9.86. The van der Waals surface area contributed by atoms with Crippen molar-refractivity contribution in [1.82, 2.24) is 0 Å². The Balaban J connectivity index is 1.96. The zero-order chi connectivity index (χ0) is 13.8. The Kier molecular flexibility index (Phi) is 4.37. The highest BCUT2D eigenvalue weighted by molar-refractivity contribution is 5.53. The van der Waals surface area contributed by atoms with Crippen molar-refractivity contribution in [3.8, 4) is 0 Å². The number of aryl methyl sites for hydroxylation is 1. The smallest absolute Gasteiger partial charge is 0.272 e. The molecule has 1 aromatic rings. The molecule has 1 aliphatic carbocycles. The molecule has 2 rings (SSSR count). The normalized spacial score (nSPS) is 23.1. The molecule has 0 bridgehead atoms. The molecule has 1 fully saturated rings. The average molecular weight is 264 g/mol. The standard InChI is InChI=1S/C14H20N2O3/c1-10-8-12(6-7-13(10)16(18)19)15-9-11-4-2-3-5-14(11)17/h6-8,11,14-15,17H,2-5,9H2,1H3. The van der Waals surface area contributed by atoms with Gasteiger partial charge in [-0.1, -0.05) is 12.8 Å². The van der Waals surface area contributed by atoms with Crippen LogP contribution in [0, 0.1) is 23.0 Å². The van der Waals surface area contributed by atoms with Gasteiger partial charge in [-0.15, -0.1) is 0 Å². The number of hydrogen-bond donors (Lipinski definition) is 2. The Hall–Kier alpha value is -1.62. The molecule has 5 nitrogen and oxygen atoms in total. The van der Waals surface area contributed by atoms with Crippen molar-refractivity contribution in [2.75, 3.05) is 11.9 Å². The van der Waals surface area contributed by atoms with Crippen molar-refractivity contribution in [1.29, 1.82) is 0 Å². The van der Waals surface area contributed by atoms with E-state index < -0.39 is 0 Å². The van der Waals surface area contributed by atoms with E-state index in [1.807, 2.05) is 0 Å². The first-order valence-electron chi connectivity index (χ1n) is 6.75. The summed E-state index contributed by atoms with van der Waals surface area (Å²) >= 11 is 0. The molecule has 0 heterocycles. The molecule has 1 aliphatic rings. The third-order valence-corrected chi connectivity index (χ3v) is 3.83. The monoisotopic (exact) mass is 264 g/mol. The lowest BCUT2D eigenvalue weighted by molar-refractivity contribution is -0.385. The fourth-order valence-corrected chi connectivity index (χ4v) is 2.65. The van der Waals surface area contributed by atoms with E-state index in [2.05, 4.69) is 5.32 Å². The van der Waals surface area contributed by atoms with Gasteiger partial charge >= 0.3 is 0 Å². The van der Waals surface area contributed by atoms with Crippen LogP contribution in [0.4, 0.5) is 11.4 Å². The molecule has 19 heavy (non-hydrogen) atoms. The van der Waals surface area contributed by atoms with Crippen LogP contribution >= 0.6 is 0 Å². The zero-order valence-corrected chi connectivity index (χ0v) is 11.1. The lowest BCUT2D eigenvalue weighted by Gasteiger charge is -2.28. The van der Waals surface area contributed by atoms with E-state index in [9.17, 15) is 15.2 Å². The van der Waals surface area contributed by atoms with Crippen molar-refractivity contribution in [2.45, 2.75) is 38.7 Å². The van der Waals surface area contributed by atoms with E-state index in [4.69, 9.17) is 0 Å². The van der Waals surface area contributed by atoms with Gasteiger partial charge in [0.2, 0.25) is 0 Å². The number of benzene rings is 1. The van der Waals surface area contributed by atoms with Crippen molar-refractivity contribution in [3.63, 3.8) is 0 Å². The van der Waals surface area contributed by atoms with Crippen LogP contribution in [-0.4, -0.2) is 22.7 Å². The fourth-order valence-electron chi connectivity index (χ4n) is 2.65. The fraction of sp³-hybridized carbons (Fsp3) is 0.571. The van der Waals surface area contributed by atoms with Gasteiger partial charge in [0.25, 0.3) is 5.69 Å². The second kappa shape index (κ2) is 6.02. The third kappa shape index (κ3) is 3.44. The Morgan fingerprint density at radius 3 is 2.79 bits per heavy atom. The van der Waals surface area contributed by atoms with Gasteiger partial charge in [0, 0.05) is 29.8 Å². The number of hydrogen-bond acceptors (Lipinski definition) is 4. The predicted octanol–water partition coefficient (Wildman–Crippen LogP) is 2.87. The Morgan fingerprint density at radius 1 is 1.42 bits per heavy atom. The van der Waals surface area contributed by atoms with Crippen LogP contribution in [-0.2, 0) is 0 Å². The maximum atomic E-state index is 10.7. The molecular weight excluding hydrogens is 244 g/mol. The van der Waals surface area contributed by atoms with Crippen LogP contribution in [0.15, 0.2) is 18.2 Å². The van der Waals surface area contributed by atoms with Crippen molar-refractivity contribution in [3.05, 3.63) is 33.9 Å². The minimum Gasteiger partial charge on any atom is -0.393 e. The molecular formula is C14H20N2O3. The number of anilines is 1. The van der Waals surface area contributed by atoms with Crippen LogP contribution < -0.4 is 5.32 Å². The molecule has 0 aromatic heterocycles. The van der Waals surface area contributed by atoms with Gasteiger partial charge in [-0.2, -0.15) is 0 Å². The van der Waals surface area contributed by atoms with Crippen molar-refractivity contribution < 1.29 is 10.0 Å². The highest BCUT2D eigenvalue weighted by atomic mass is 16.6. The van der Waals surface area contributed by atoms with E-state index in [-0.39, 0.29) is 22.6 Å². The van der Waals surface area contributed by atoms with Gasteiger partial charge in [0.15, 0.2) is 0 Å². The van der Waals surface area contributed by atoms with Crippen LogP contribution in [0.25, 0.3) is 0 Å². The Bertz CT molecular complexity index is 462. The second-order valence-electron chi connectivity index (χ2n) is 5.25. The maximum Gasteiger partial charge on any atom is 0.272 e. The summed E-state index contributed by atoms with van der Waals surface area (Å²) < 4.78 is 0. The van der Waals surface area contributed by atoms with Gasteiger partial charge in [0.05, 0.1) is 11.0 Å². The number of aliphatic hydroxyl groups is 1. The predicted molar refractivity (Wildman–Crippen MR) is 74.3 cm³/mol. The first kappa shape index (κ1) is 13.8. The van der Waals surface area contributed by atoms with Crippen molar-refractivity contribution >= 4 is 11.4 Å². The SMILES string of the molecule is Cc1cc(NCC2CCCCC2O)ccc1[N+](=O)[O-]. The molecule has 0 saturated heterocycles. The van der Waals surface area contributed by atoms with E-state index in [0.717, 1.165) is 31.5 Å². The summed E-state index contributed by atoms with van der Waals surface area (Å²) in [5, 5.41) is 23.9. The largest absolute Gasteiger partial charge is 0.393 e. The maximum absolute atomic E-state index is 10.7. The summed E-state index contributed by atoms with van der Waals surface area (Å²) in [5.74, 6) is 0.282. The number of nitrogens with zero attached hydrogens (tertiary/aromatic N) is 1. The summed E-state index contributed by atoms with van der Waals surface area (Å²) in [7, 11) is 0. The topological polar surface area (TPSA) is 75.4 Å². The van der Waals surface area contributed by atoms with Gasteiger partial charge in [0.1, 0.15) is 0 Å². The number of rotatable bonds is 4. The quantitative estimate of drug-likeness (QED) is 0.647. The molecule has 5 heteroatoms.